The lowest BCUT2D eigenvalue weighted by Crippen LogP contribution is -2.39. The number of aromatic nitrogens is 2. The van der Waals surface area contributed by atoms with Crippen molar-refractivity contribution in [2.75, 3.05) is 39.4 Å². The fourth-order valence-electron chi connectivity index (χ4n) is 4.52. The van der Waals surface area contributed by atoms with Gasteiger partial charge in [-0.1, -0.05) is 13.8 Å². The first-order chi connectivity index (χ1) is 17.5. The second-order valence-corrected chi connectivity index (χ2v) is 9.78. The van der Waals surface area contributed by atoms with Crippen molar-refractivity contribution in [2.24, 2.45) is 5.92 Å². The summed E-state index contributed by atoms with van der Waals surface area (Å²) >= 11 is 0. The van der Waals surface area contributed by atoms with E-state index in [1.54, 1.807) is 12.4 Å². The van der Waals surface area contributed by atoms with Crippen LogP contribution in [0.25, 0.3) is 22.2 Å². The van der Waals surface area contributed by atoms with E-state index in [1.807, 2.05) is 43.3 Å². The van der Waals surface area contributed by atoms with Gasteiger partial charge in [-0.05, 0) is 75.0 Å². The normalized spacial score (nSPS) is 14.9. The van der Waals surface area contributed by atoms with Gasteiger partial charge in [0.25, 0.3) is 5.91 Å². The Morgan fingerprint density at radius 1 is 1.17 bits per heavy atom. The Morgan fingerprint density at radius 2 is 1.94 bits per heavy atom. The van der Waals surface area contributed by atoms with Gasteiger partial charge in [-0.15, -0.1) is 0 Å². The molecule has 3 aromatic rings. The standard InChI is InChI=1S/C29H38N4O3/c1-4-35-23-8-6-22(7-9-23)28-18-25(26-19-30-14-10-27(26)32-28)29(34)31-13-5-15-33-16-11-24(12-17-33)36-20-21(2)3/h6-10,14,18-19,21,24H,4-5,11-13,15-17,20H2,1-3H3,(H,31,34). The average Bonchev–Trinajstić information content (AvgIpc) is 2.90. The number of pyridine rings is 2. The number of ether oxygens (including phenoxy) is 2. The predicted octanol–water partition coefficient (Wildman–Crippen LogP) is 4.95. The third-order valence-electron chi connectivity index (χ3n) is 6.45. The summed E-state index contributed by atoms with van der Waals surface area (Å²) in [6, 6.07) is 11.5. The number of carbonyl (C=O) groups excluding carboxylic acids is 1. The van der Waals surface area contributed by atoms with Gasteiger partial charge in [-0.3, -0.25) is 9.78 Å². The SMILES string of the molecule is CCOc1ccc(-c2cc(C(=O)NCCCN3CCC(OCC(C)C)CC3)c3cnccc3n2)cc1. The zero-order chi connectivity index (χ0) is 25.3. The van der Waals surface area contributed by atoms with Crippen molar-refractivity contribution in [3.05, 3.63) is 54.4 Å². The average molecular weight is 491 g/mol. The van der Waals surface area contributed by atoms with E-state index in [0.717, 1.165) is 73.4 Å². The monoisotopic (exact) mass is 490 g/mol. The van der Waals surface area contributed by atoms with Crippen molar-refractivity contribution in [1.29, 1.82) is 0 Å². The minimum absolute atomic E-state index is 0.0941. The first-order valence-corrected chi connectivity index (χ1v) is 13.1. The number of hydrogen-bond donors (Lipinski definition) is 1. The van der Waals surface area contributed by atoms with Gasteiger partial charge in [0.15, 0.2) is 0 Å². The minimum Gasteiger partial charge on any atom is -0.494 e. The molecule has 4 rings (SSSR count). The summed E-state index contributed by atoms with van der Waals surface area (Å²) < 4.78 is 11.5. The maximum atomic E-state index is 13.2. The molecule has 0 spiro atoms. The molecule has 1 amide bonds. The molecule has 0 saturated carbocycles. The number of benzene rings is 1. The molecule has 0 unspecified atom stereocenters. The number of fused-ring (bicyclic) bond motifs is 1. The molecule has 1 fully saturated rings. The van der Waals surface area contributed by atoms with Gasteiger partial charge >= 0.3 is 0 Å². The van der Waals surface area contributed by atoms with Crippen molar-refractivity contribution >= 4 is 16.8 Å². The Labute approximate surface area is 214 Å². The molecule has 1 aliphatic rings. The van der Waals surface area contributed by atoms with Crippen LogP contribution in [0.2, 0.25) is 0 Å². The van der Waals surface area contributed by atoms with Crippen LogP contribution >= 0.6 is 0 Å². The van der Waals surface area contributed by atoms with Gasteiger partial charge < -0.3 is 19.7 Å². The number of hydrogen-bond acceptors (Lipinski definition) is 6. The first-order valence-electron chi connectivity index (χ1n) is 13.1. The van der Waals surface area contributed by atoms with Crippen LogP contribution in [0.4, 0.5) is 0 Å². The van der Waals surface area contributed by atoms with Gasteiger partial charge in [0.05, 0.1) is 29.5 Å². The molecule has 1 N–H and O–H groups in total. The van der Waals surface area contributed by atoms with E-state index < -0.39 is 0 Å². The van der Waals surface area contributed by atoms with Crippen molar-refractivity contribution < 1.29 is 14.3 Å². The fourth-order valence-corrected chi connectivity index (χ4v) is 4.52. The third-order valence-corrected chi connectivity index (χ3v) is 6.45. The number of nitrogens with zero attached hydrogens (tertiary/aromatic N) is 3. The van der Waals surface area contributed by atoms with E-state index in [2.05, 4.69) is 29.0 Å². The summed E-state index contributed by atoms with van der Waals surface area (Å²) in [5.74, 6) is 1.30. The van der Waals surface area contributed by atoms with Crippen LogP contribution in [-0.4, -0.2) is 66.3 Å². The lowest BCUT2D eigenvalue weighted by Gasteiger charge is -2.32. The number of carbonyl (C=O) groups is 1. The van der Waals surface area contributed by atoms with E-state index >= 15 is 0 Å². The largest absolute Gasteiger partial charge is 0.494 e. The number of nitrogens with one attached hydrogen (secondary N) is 1. The second kappa shape index (κ2) is 12.8. The highest BCUT2D eigenvalue weighted by atomic mass is 16.5. The van der Waals surface area contributed by atoms with Crippen LogP contribution in [0.5, 0.6) is 5.75 Å². The third kappa shape index (κ3) is 7.02. The van der Waals surface area contributed by atoms with E-state index in [-0.39, 0.29) is 5.91 Å². The Bertz CT molecular complexity index is 1130. The quantitative estimate of drug-likeness (QED) is 0.383. The summed E-state index contributed by atoms with van der Waals surface area (Å²) in [7, 11) is 0. The molecule has 3 heterocycles. The molecule has 1 aromatic carbocycles. The van der Waals surface area contributed by atoms with Crippen molar-refractivity contribution in [1.82, 2.24) is 20.2 Å². The topological polar surface area (TPSA) is 76.6 Å². The maximum absolute atomic E-state index is 13.2. The Hall–Kier alpha value is -3.03. The van der Waals surface area contributed by atoms with Gasteiger partial charge in [0.1, 0.15) is 5.75 Å². The van der Waals surface area contributed by atoms with Crippen LogP contribution in [0.15, 0.2) is 48.8 Å². The number of likely N-dealkylation sites (tertiary alicyclic amines) is 1. The lowest BCUT2D eigenvalue weighted by atomic mass is 10.0. The molecule has 7 nitrogen and oxygen atoms in total. The summed E-state index contributed by atoms with van der Waals surface area (Å²) in [5, 5.41) is 3.87. The Morgan fingerprint density at radius 3 is 2.67 bits per heavy atom. The molecule has 0 radical (unpaired) electrons. The molecular formula is C29H38N4O3. The van der Waals surface area contributed by atoms with Gasteiger partial charge in [-0.2, -0.15) is 0 Å². The molecule has 0 atom stereocenters. The Balaban J connectivity index is 1.34. The summed E-state index contributed by atoms with van der Waals surface area (Å²) in [6.45, 7) is 11.5. The van der Waals surface area contributed by atoms with E-state index in [0.29, 0.717) is 30.7 Å². The molecule has 1 aliphatic heterocycles. The Kier molecular flexibility index (Phi) is 9.25. The zero-order valence-electron chi connectivity index (χ0n) is 21.7. The molecule has 2 aromatic heterocycles. The van der Waals surface area contributed by atoms with Gasteiger partial charge in [0, 0.05) is 49.6 Å². The van der Waals surface area contributed by atoms with Crippen LogP contribution in [0.1, 0.15) is 50.4 Å². The highest BCUT2D eigenvalue weighted by molar-refractivity contribution is 6.06. The molecular weight excluding hydrogens is 452 g/mol. The van der Waals surface area contributed by atoms with Gasteiger partial charge in [-0.25, -0.2) is 4.98 Å². The second-order valence-electron chi connectivity index (χ2n) is 9.78. The summed E-state index contributed by atoms with van der Waals surface area (Å²) in [4.78, 5) is 24.7. The van der Waals surface area contributed by atoms with Crippen molar-refractivity contribution in [3.8, 4) is 17.0 Å². The predicted molar refractivity (Wildman–Crippen MR) is 143 cm³/mol. The van der Waals surface area contributed by atoms with Crippen LogP contribution in [-0.2, 0) is 4.74 Å². The highest BCUT2D eigenvalue weighted by Gasteiger charge is 2.20. The number of rotatable bonds is 11. The molecule has 0 aliphatic carbocycles. The smallest absolute Gasteiger partial charge is 0.252 e. The first kappa shape index (κ1) is 26.0. The molecule has 192 valence electrons. The molecule has 1 saturated heterocycles. The van der Waals surface area contributed by atoms with Crippen LogP contribution in [0.3, 0.4) is 0 Å². The number of piperidine rings is 1. The van der Waals surface area contributed by atoms with Crippen LogP contribution in [0, 0.1) is 5.92 Å². The summed E-state index contributed by atoms with van der Waals surface area (Å²) in [6.07, 6.45) is 6.89. The summed E-state index contributed by atoms with van der Waals surface area (Å²) in [5.41, 5.74) is 3.04. The molecule has 0 bridgehead atoms. The van der Waals surface area contributed by atoms with Crippen molar-refractivity contribution in [2.45, 2.75) is 46.1 Å². The van der Waals surface area contributed by atoms with E-state index in [4.69, 9.17) is 14.5 Å². The van der Waals surface area contributed by atoms with Crippen LogP contribution < -0.4 is 10.1 Å². The molecule has 7 heteroatoms. The minimum atomic E-state index is -0.0941. The van der Waals surface area contributed by atoms with Gasteiger partial charge in [0.2, 0.25) is 0 Å². The van der Waals surface area contributed by atoms with Crippen molar-refractivity contribution in [3.63, 3.8) is 0 Å². The van der Waals surface area contributed by atoms with E-state index in [9.17, 15) is 4.79 Å². The van der Waals surface area contributed by atoms with E-state index in [1.165, 1.54) is 0 Å². The lowest BCUT2D eigenvalue weighted by molar-refractivity contribution is -0.00448. The molecule has 36 heavy (non-hydrogen) atoms. The number of amides is 1. The fraction of sp³-hybridized carbons (Fsp3) is 0.483. The zero-order valence-corrected chi connectivity index (χ0v) is 21.7. The highest BCUT2D eigenvalue weighted by Crippen LogP contribution is 2.26. The maximum Gasteiger partial charge on any atom is 0.252 e.